The van der Waals surface area contributed by atoms with Gasteiger partial charge in [-0.25, -0.2) is 0 Å². The van der Waals surface area contributed by atoms with Gasteiger partial charge in [0.2, 0.25) is 0 Å². The van der Waals surface area contributed by atoms with E-state index < -0.39 is 35.9 Å². The van der Waals surface area contributed by atoms with Crippen LogP contribution in [0.5, 0.6) is 0 Å². The van der Waals surface area contributed by atoms with Gasteiger partial charge >= 0.3 is 12.4 Å². The summed E-state index contributed by atoms with van der Waals surface area (Å²) in [5.41, 5.74) is -3.67. The SMILES string of the molecule is CC(C1CC2CCC1O2)(C(F)(F)F)C(F)(F)F. The van der Waals surface area contributed by atoms with Crippen molar-refractivity contribution in [2.75, 3.05) is 0 Å². The smallest absolute Gasteiger partial charge is 0.375 e. The topological polar surface area (TPSA) is 9.23 Å². The first-order chi connectivity index (χ1) is 7.57. The molecular weight excluding hydrogens is 250 g/mol. The molecule has 0 N–H and O–H groups in total. The van der Waals surface area contributed by atoms with Gasteiger partial charge in [0.1, 0.15) is 0 Å². The van der Waals surface area contributed by atoms with Gasteiger partial charge in [-0.2, -0.15) is 26.3 Å². The number of fused-ring (bicyclic) bond motifs is 2. The number of ether oxygens (including phenoxy) is 1. The molecule has 0 aromatic carbocycles. The molecule has 3 unspecified atom stereocenters. The zero-order valence-electron chi connectivity index (χ0n) is 9.03. The Hall–Kier alpha value is -0.460. The quantitative estimate of drug-likeness (QED) is 0.655. The minimum atomic E-state index is -5.30. The van der Waals surface area contributed by atoms with E-state index in [1.807, 2.05) is 0 Å². The number of hydrogen-bond donors (Lipinski definition) is 0. The molecular formula is C10H12F6O. The van der Waals surface area contributed by atoms with Crippen molar-refractivity contribution in [3.05, 3.63) is 0 Å². The normalized spacial score (nSPS) is 34.4. The molecule has 2 heterocycles. The van der Waals surface area contributed by atoms with Crippen LogP contribution in [-0.4, -0.2) is 24.6 Å². The Morgan fingerprint density at radius 1 is 0.941 bits per heavy atom. The maximum Gasteiger partial charge on any atom is 0.403 e. The lowest BCUT2D eigenvalue weighted by molar-refractivity contribution is -0.355. The van der Waals surface area contributed by atoms with Crippen LogP contribution in [0.2, 0.25) is 0 Å². The van der Waals surface area contributed by atoms with E-state index in [0.717, 1.165) is 0 Å². The van der Waals surface area contributed by atoms with Gasteiger partial charge in [0.05, 0.1) is 12.2 Å². The van der Waals surface area contributed by atoms with Crippen LogP contribution >= 0.6 is 0 Å². The van der Waals surface area contributed by atoms with E-state index in [-0.39, 0.29) is 19.8 Å². The van der Waals surface area contributed by atoms with Gasteiger partial charge in [0, 0.05) is 5.92 Å². The van der Waals surface area contributed by atoms with Crippen molar-refractivity contribution in [3.63, 3.8) is 0 Å². The Morgan fingerprint density at radius 3 is 1.76 bits per heavy atom. The fourth-order valence-electron chi connectivity index (χ4n) is 2.83. The molecule has 2 rings (SSSR count). The van der Waals surface area contributed by atoms with Crippen molar-refractivity contribution < 1.29 is 31.1 Å². The maximum atomic E-state index is 12.8. The van der Waals surface area contributed by atoms with Crippen molar-refractivity contribution in [2.45, 2.75) is 50.7 Å². The summed E-state index contributed by atoms with van der Waals surface area (Å²) >= 11 is 0. The molecule has 0 saturated carbocycles. The summed E-state index contributed by atoms with van der Waals surface area (Å²) < 4.78 is 81.9. The first kappa shape index (κ1) is 13.0. The van der Waals surface area contributed by atoms with Gasteiger partial charge in [0.25, 0.3) is 0 Å². The number of halogens is 6. The van der Waals surface area contributed by atoms with Gasteiger partial charge in [0.15, 0.2) is 5.41 Å². The molecule has 7 heteroatoms. The van der Waals surface area contributed by atoms with Gasteiger partial charge < -0.3 is 4.74 Å². The second-order valence-corrected chi connectivity index (χ2v) is 4.91. The van der Waals surface area contributed by atoms with E-state index >= 15 is 0 Å². The monoisotopic (exact) mass is 262 g/mol. The molecule has 2 bridgehead atoms. The van der Waals surface area contributed by atoms with Gasteiger partial charge in [-0.1, -0.05) is 0 Å². The van der Waals surface area contributed by atoms with E-state index in [1.54, 1.807) is 0 Å². The minimum Gasteiger partial charge on any atom is -0.375 e. The Bertz CT molecular complexity index is 293. The second kappa shape index (κ2) is 3.52. The van der Waals surface area contributed by atoms with Crippen LogP contribution in [0, 0.1) is 11.3 Å². The summed E-state index contributed by atoms with van der Waals surface area (Å²) in [7, 11) is 0. The molecule has 0 aromatic heterocycles. The van der Waals surface area contributed by atoms with Gasteiger partial charge in [-0.05, 0) is 26.2 Å². The molecule has 3 atom stereocenters. The maximum absolute atomic E-state index is 12.8. The number of alkyl halides is 6. The molecule has 0 spiro atoms. The highest BCUT2D eigenvalue weighted by Crippen LogP contribution is 2.60. The summed E-state index contributed by atoms with van der Waals surface area (Å²) in [5, 5.41) is 0. The van der Waals surface area contributed by atoms with Crippen LogP contribution in [0.3, 0.4) is 0 Å². The van der Waals surface area contributed by atoms with Crippen LogP contribution in [0.25, 0.3) is 0 Å². The predicted octanol–water partition coefficient (Wildman–Crippen LogP) is 3.68. The Kier molecular flexibility index (Phi) is 2.69. The number of rotatable bonds is 1. The van der Waals surface area contributed by atoms with Crippen LogP contribution in [0.4, 0.5) is 26.3 Å². The van der Waals surface area contributed by atoms with Gasteiger partial charge in [-0.15, -0.1) is 0 Å². The summed E-state index contributed by atoms with van der Waals surface area (Å²) in [4.78, 5) is 0. The van der Waals surface area contributed by atoms with E-state index in [0.29, 0.717) is 6.42 Å². The van der Waals surface area contributed by atoms with Crippen LogP contribution in [0.15, 0.2) is 0 Å². The fraction of sp³-hybridized carbons (Fsp3) is 1.00. The highest BCUT2D eigenvalue weighted by molar-refractivity contribution is 5.04. The molecule has 2 aliphatic heterocycles. The van der Waals surface area contributed by atoms with E-state index in [1.165, 1.54) is 0 Å². The highest BCUT2D eigenvalue weighted by atomic mass is 19.4. The lowest BCUT2D eigenvalue weighted by Gasteiger charge is -2.41. The number of hydrogen-bond acceptors (Lipinski definition) is 1. The van der Waals surface area contributed by atoms with Crippen LogP contribution in [0.1, 0.15) is 26.2 Å². The Morgan fingerprint density at radius 2 is 1.47 bits per heavy atom. The average Bonchev–Trinajstić information content (AvgIpc) is 2.73. The lowest BCUT2D eigenvalue weighted by Crippen LogP contribution is -2.55. The van der Waals surface area contributed by atoms with E-state index in [4.69, 9.17) is 4.74 Å². The van der Waals surface area contributed by atoms with Crippen LogP contribution < -0.4 is 0 Å². The fourth-order valence-corrected chi connectivity index (χ4v) is 2.83. The third-order valence-corrected chi connectivity index (χ3v) is 4.03. The molecule has 2 fully saturated rings. The molecule has 0 radical (unpaired) electrons. The van der Waals surface area contributed by atoms with E-state index in [2.05, 4.69) is 0 Å². The average molecular weight is 262 g/mol. The Balaban J connectivity index is 2.35. The standard InChI is InChI=1S/C10H12F6O/c1-8(9(11,12)13,10(14,15)16)6-4-5-2-3-7(6)17-5/h5-7H,2-4H2,1H3. The van der Waals surface area contributed by atoms with Crippen molar-refractivity contribution in [1.82, 2.24) is 0 Å². The van der Waals surface area contributed by atoms with Crippen molar-refractivity contribution in [2.24, 2.45) is 11.3 Å². The van der Waals surface area contributed by atoms with Crippen molar-refractivity contribution >= 4 is 0 Å². The van der Waals surface area contributed by atoms with Crippen molar-refractivity contribution in [1.29, 1.82) is 0 Å². The molecule has 0 aromatic rings. The molecule has 17 heavy (non-hydrogen) atoms. The third-order valence-electron chi connectivity index (χ3n) is 4.03. The third kappa shape index (κ3) is 1.73. The predicted molar refractivity (Wildman–Crippen MR) is 46.2 cm³/mol. The molecule has 0 amide bonds. The first-order valence-corrected chi connectivity index (χ1v) is 5.36. The highest BCUT2D eigenvalue weighted by Gasteiger charge is 2.73. The molecule has 1 nitrogen and oxygen atoms in total. The molecule has 2 aliphatic rings. The zero-order valence-corrected chi connectivity index (χ0v) is 9.03. The summed E-state index contributed by atoms with van der Waals surface area (Å²) in [6, 6.07) is 0. The minimum absolute atomic E-state index is 0.153. The van der Waals surface area contributed by atoms with Gasteiger partial charge in [-0.3, -0.25) is 0 Å². The zero-order chi connectivity index (χ0) is 13.1. The van der Waals surface area contributed by atoms with Crippen LogP contribution in [-0.2, 0) is 4.74 Å². The molecule has 100 valence electrons. The molecule has 2 saturated heterocycles. The first-order valence-electron chi connectivity index (χ1n) is 5.36. The summed E-state index contributed by atoms with van der Waals surface area (Å²) in [6.45, 7) is 0.252. The molecule has 0 aliphatic carbocycles. The summed E-state index contributed by atoms with van der Waals surface area (Å²) in [5.74, 6) is -1.51. The lowest BCUT2D eigenvalue weighted by atomic mass is 9.68. The van der Waals surface area contributed by atoms with E-state index in [9.17, 15) is 26.3 Å². The Labute approximate surface area is 94.1 Å². The second-order valence-electron chi connectivity index (χ2n) is 4.91. The van der Waals surface area contributed by atoms with Crippen molar-refractivity contribution in [3.8, 4) is 0 Å². The largest absolute Gasteiger partial charge is 0.403 e. The summed E-state index contributed by atoms with van der Waals surface area (Å²) in [6.07, 6.45) is -11.3.